The Morgan fingerprint density at radius 2 is 1.83 bits per heavy atom. The molecule has 0 bridgehead atoms. The van der Waals surface area contributed by atoms with Gasteiger partial charge in [-0.25, -0.2) is 4.39 Å². The van der Waals surface area contributed by atoms with E-state index in [2.05, 4.69) is 4.74 Å². The zero-order valence-corrected chi connectivity index (χ0v) is 5.79. The molecule has 0 aliphatic carbocycles. The lowest BCUT2D eigenvalue weighted by Crippen LogP contribution is -2.40. The van der Waals surface area contributed by atoms with E-state index in [1.807, 2.05) is 0 Å². The van der Waals surface area contributed by atoms with Crippen LogP contribution in [0.25, 0.3) is 0 Å². The number of rotatable bonds is 0. The van der Waals surface area contributed by atoms with Gasteiger partial charge in [0.2, 0.25) is 5.83 Å². The maximum absolute atomic E-state index is 12.4. The minimum atomic E-state index is -4.75. The standard InChI is InChI=1S/C6H5F5O/c7-4-3-12-2-1-5(8,9)6(4,10)11/h3H,1-2H2. The predicted octanol–water partition coefficient (Wildman–Crippen LogP) is 2.49. The molecule has 1 heterocycles. The van der Waals surface area contributed by atoms with Crippen molar-refractivity contribution < 1.29 is 26.7 Å². The van der Waals surface area contributed by atoms with Crippen LogP contribution in [0.5, 0.6) is 0 Å². The fraction of sp³-hybridized carbons (Fsp3) is 0.667. The summed E-state index contributed by atoms with van der Waals surface area (Å²) in [6.07, 6.45) is -1.16. The third-order valence-corrected chi connectivity index (χ3v) is 1.48. The van der Waals surface area contributed by atoms with Crippen molar-refractivity contribution in [3.05, 3.63) is 12.1 Å². The Kier molecular flexibility index (Phi) is 2.01. The van der Waals surface area contributed by atoms with Gasteiger partial charge in [-0.15, -0.1) is 0 Å². The van der Waals surface area contributed by atoms with Crippen molar-refractivity contribution in [3.63, 3.8) is 0 Å². The molecule has 12 heavy (non-hydrogen) atoms. The average molecular weight is 188 g/mol. The van der Waals surface area contributed by atoms with E-state index in [4.69, 9.17) is 0 Å². The van der Waals surface area contributed by atoms with E-state index in [1.54, 1.807) is 0 Å². The fourth-order valence-electron chi connectivity index (χ4n) is 0.725. The monoisotopic (exact) mass is 188 g/mol. The van der Waals surface area contributed by atoms with Gasteiger partial charge in [-0.2, -0.15) is 17.6 Å². The molecule has 0 fully saturated rings. The van der Waals surface area contributed by atoms with Crippen LogP contribution in [0.4, 0.5) is 22.0 Å². The van der Waals surface area contributed by atoms with Crippen LogP contribution in [0.2, 0.25) is 0 Å². The number of alkyl halides is 4. The van der Waals surface area contributed by atoms with E-state index in [0.29, 0.717) is 0 Å². The zero-order valence-electron chi connectivity index (χ0n) is 5.79. The Hall–Kier alpha value is -0.810. The van der Waals surface area contributed by atoms with Crippen molar-refractivity contribution in [1.82, 2.24) is 0 Å². The van der Waals surface area contributed by atoms with Gasteiger partial charge in [0.05, 0.1) is 13.0 Å². The minimum absolute atomic E-state index is 0.0287. The molecule has 1 nitrogen and oxygen atoms in total. The Labute approximate surface area is 64.8 Å². The molecule has 0 aromatic heterocycles. The van der Waals surface area contributed by atoms with Crippen LogP contribution in [-0.4, -0.2) is 18.5 Å². The molecule has 0 aromatic carbocycles. The van der Waals surface area contributed by atoms with Gasteiger partial charge in [0.1, 0.15) is 6.26 Å². The third kappa shape index (κ3) is 1.25. The molecule has 6 heteroatoms. The van der Waals surface area contributed by atoms with Crippen molar-refractivity contribution in [1.29, 1.82) is 0 Å². The lowest BCUT2D eigenvalue weighted by atomic mass is 10.1. The number of hydrogen-bond acceptors (Lipinski definition) is 1. The third-order valence-electron chi connectivity index (χ3n) is 1.48. The van der Waals surface area contributed by atoms with Crippen LogP contribution in [0.3, 0.4) is 0 Å². The van der Waals surface area contributed by atoms with Gasteiger partial charge in [-0.1, -0.05) is 0 Å². The number of allylic oxidation sites excluding steroid dienone is 1. The van der Waals surface area contributed by atoms with Crippen molar-refractivity contribution in [2.75, 3.05) is 6.61 Å². The van der Waals surface area contributed by atoms with Crippen LogP contribution >= 0.6 is 0 Å². The van der Waals surface area contributed by atoms with Crippen LogP contribution in [0.1, 0.15) is 6.42 Å². The largest absolute Gasteiger partial charge is 0.498 e. The zero-order chi connectivity index (χ0) is 9.41. The molecular formula is C6H5F5O. The van der Waals surface area contributed by atoms with Crippen LogP contribution in [0, 0.1) is 0 Å². The second kappa shape index (κ2) is 2.60. The van der Waals surface area contributed by atoms with Crippen molar-refractivity contribution in [3.8, 4) is 0 Å². The van der Waals surface area contributed by atoms with Gasteiger partial charge in [-0.05, 0) is 0 Å². The van der Waals surface area contributed by atoms with Gasteiger partial charge in [0.25, 0.3) is 0 Å². The van der Waals surface area contributed by atoms with Gasteiger partial charge in [0.15, 0.2) is 0 Å². The molecular weight excluding hydrogens is 183 g/mol. The van der Waals surface area contributed by atoms with E-state index in [9.17, 15) is 22.0 Å². The normalized spacial score (nSPS) is 26.9. The van der Waals surface area contributed by atoms with Gasteiger partial charge < -0.3 is 4.74 Å². The fourth-order valence-corrected chi connectivity index (χ4v) is 0.725. The number of hydrogen-bond donors (Lipinski definition) is 0. The highest BCUT2D eigenvalue weighted by Gasteiger charge is 2.60. The lowest BCUT2D eigenvalue weighted by molar-refractivity contribution is -0.196. The summed E-state index contributed by atoms with van der Waals surface area (Å²) in [4.78, 5) is 0. The molecule has 0 atom stereocenters. The van der Waals surface area contributed by atoms with Crippen LogP contribution in [0.15, 0.2) is 12.1 Å². The molecule has 0 aromatic rings. The van der Waals surface area contributed by atoms with Crippen LogP contribution < -0.4 is 0 Å². The average Bonchev–Trinajstić information content (AvgIpc) is 2.02. The highest BCUT2D eigenvalue weighted by Crippen LogP contribution is 2.44. The summed E-state index contributed by atoms with van der Waals surface area (Å²) in [6, 6.07) is 0. The summed E-state index contributed by atoms with van der Waals surface area (Å²) in [5, 5.41) is 0. The maximum Gasteiger partial charge on any atom is 0.363 e. The SMILES string of the molecule is FC1=COCCC(F)(F)C1(F)F. The Morgan fingerprint density at radius 1 is 1.25 bits per heavy atom. The minimum Gasteiger partial charge on any atom is -0.498 e. The molecule has 1 rings (SSSR count). The topological polar surface area (TPSA) is 9.23 Å². The highest BCUT2D eigenvalue weighted by molar-refractivity contribution is 5.09. The number of ether oxygens (including phenoxy) is 1. The van der Waals surface area contributed by atoms with Gasteiger partial charge in [0, 0.05) is 0 Å². The summed E-state index contributed by atoms with van der Waals surface area (Å²) >= 11 is 0. The summed E-state index contributed by atoms with van der Waals surface area (Å²) in [5.74, 6) is -11.3. The Bertz CT molecular complexity index is 210. The summed E-state index contributed by atoms with van der Waals surface area (Å²) in [5.41, 5.74) is 0. The summed E-state index contributed by atoms with van der Waals surface area (Å²) in [7, 11) is 0. The Balaban J connectivity index is 3.00. The Morgan fingerprint density at radius 3 is 2.42 bits per heavy atom. The first-order valence-corrected chi connectivity index (χ1v) is 3.11. The highest BCUT2D eigenvalue weighted by atomic mass is 19.3. The molecule has 1 aliphatic heterocycles. The molecule has 0 spiro atoms. The lowest BCUT2D eigenvalue weighted by Gasteiger charge is -2.21. The molecule has 0 unspecified atom stereocenters. The number of halogens is 5. The molecule has 1 aliphatic rings. The van der Waals surface area contributed by atoms with Crippen LogP contribution in [-0.2, 0) is 4.74 Å². The molecule has 0 saturated heterocycles. The van der Waals surface area contributed by atoms with E-state index in [1.165, 1.54) is 0 Å². The van der Waals surface area contributed by atoms with E-state index >= 15 is 0 Å². The summed E-state index contributed by atoms with van der Waals surface area (Å²) < 4.78 is 65.8. The first-order valence-electron chi connectivity index (χ1n) is 3.11. The second-order valence-corrected chi connectivity index (χ2v) is 2.37. The van der Waals surface area contributed by atoms with Gasteiger partial charge >= 0.3 is 11.8 Å². The van der Waals surface area contributed by atoms with E-state index in [0.717, 1.165) is 0 Å². The van der Waals surface area contributed by atoms with E-state index in [-0.39, 0.29) is 6.26 Å². The smallest absolute Gasteiger partial charge is 0.363 e. The first kappa shape index (κ1) is 9.28. The molecule has 0 N–H and O–H groups in total. The van der Waals surface area contributed by atoms with Gasteiger partial charge in [-0.3, -0.25) is 0 Å². The van der Waals surface area contributed by atoms with Crippen molar-refractivity contribution in [2.45, 2.75) is 18.3 Å². The van der Waals surface area contributed by atoms with E-state index < -0.39 is 30.7 Å². The molecule has 0 radical (unpaired) electrons. The first-order chi connectivity index (χ1) is 5.38. The summed E-state index contributed by atoms with van der Waals surface area (Å²) in [6.45, 7) is -0.615. The molecule has 70 valence electrons. The van der Waals surface area contributed by atoms with Crippen molar-refractivity contribution in [2.24, 2.45) is 0 Å². The molecule has 0 saturated carbocycles. The second-order valence-electron chi connectivity index (χ2n) is 2.37. The quantitative estimate of drug-likeness (QED) is 0.530. The predicted molar refractivity (Wildman–Crippen MR) is 29.7 cm³/mol. The molecule has 0 amide bonds. The maximum atomic E-state index is 12.4. The van der Waals surface area contributed by atoms with Crippen molar-refractivity contribution >= 4 is 0 Å².